The van der Waals surface area contributed by atoms with Crippen molar-refractivity contribution >= 4 is 11.9 Å². The van der Waals surface area contributed by atoms with Gasteiger partial charge in [0.25, 0.3) is 0 Å². The molecule has 0 unspecified atom stereocenters. The SMILES string of the molecule is C=C1C(=O)O[C@H]2/C=C(\C)CC[C@H](OC(C)=O)[C@@]3(C)CC=C(O3)/C(C)=C\C[C@@H]12. The average Bonchev–Trinajstić information content (AvgIpc) is 3.11. The smallest absolute Gasteiger partial charge is 0.334 e. The second-order valence-electron chi connectivity index (χ2n) is 7.96. The van der Waals surface area contributed by atoms with Gasteiger partial charge in [0.15, 0.2) is 0 Å². The van der Waals surface area contributed by atoms with Gasteiger partial charge in [-0.2, -0.15) is 0 Å². The molecule has 0 amide bonds. The van der Waals surface area contributed by atoms with E-state index < -0.39 is 5.60 Å². The summed E-state index contributed by atoms with van der Waals surface area (Å²) >= 11 is 0. The predicted molar refractivity (Wildman–Crippen MR) is 102 cm³/mol. The molecule has 146 valence electrons. The van der Waals surface area contributed by atoms with Crippen LogP contribution in [-0.2, 0) is 23.8 Å². The summed E-state index contributed by atoms with van der Waals surface area (Å²) in [4.78, 5) is 23.6. The zero-order valence-electron chi connectivity index (χ0n) is 16.5. The van der Waals surface area contributed by atoms with Gasteiger partial charge in [-0.1, -0.05) is 18.2 Å². The summed E-state index contributed by atoms with van der Waals surface area (Å²) in [5.41, 5.74) is 2.05. The number of hydrogen-bond donors (Lipinski definition) is 0. The van der Waals surface area contributed by atoms with Crippen molar-refractivity contribution in [2.24, 2.45) is 5.92 Å². The molecule has 2 bridgehead atoms. The molecule has 3 aliphatic heterocycles. The Hall–Kier alpha value is -2.30. The number of fused-ring (bicyclic) bond motifs is 3. The van der Waals surface area contributed by atoms with Crippen molar-refractivity contribution in [3.8, 4) is 0 Å². The van der Waals surface area contributed by atoms with Crippen LogP contribution in [0.25, 0.3) is 0 Å². The number of hydrogen-bond acceptors (Lipinski definition) is 5. The van der Waals surface area contributed by atoms with E-state index in [1.54, 1.807) is 0 Å². The highest BCUT2D eigenvalue weighted by Gasteiger charge is 2.43. The van der Waals surface area contributed by atoms with Crippen molar-refractivity contribution in [2.75, 3.05) is 0 Å². The summed E-state index contributed by atoms with van der Waals surface area (Å²) in [6.07, 6.45) is 8.21. The molecule has 1 fully saturated rings. The Balaban J connectivity index is 1.94. The molecule has 5 nitrogen and oxygen atoms in total. The van der Waals surface area contributed by atoms with E-state index in [0.717, 1.165) is 23.3 Å². The van der Waals surface area contributed by atoms with E-state index in [0.29, 0.717) is 24.8 Å². The highest BCUT2D eigenvalue weighted by Crippen LogP contribution is 2.39. The molecule has 27 heavy (non-hydrogen) atoms. The van der Waals surface area contributed by atoms with Crippen LogP contribution in [-0.4, -0.2) is 29.7 Å². The Labute approximate surface area is 160 Å². The lowest BCUT2D eigenvalue weighted by molar-refractivity contribution is -0.161. The van der Waals surface area contributed by atoms with Gasteiger partial charge in [-0.15, -0.1) is 0 Å². The minimum Gasteiger partial charge on any atom is -0.483 e. The van der Waals surface area contributed by atoms with Gasteiger partial charge in [0.05, 0.1) is 0 Å². The Bertz CT molecular complexity index is 757. The largest absolute Gasteiger partial charge is 0.483 e. The third-order valence-corrected chi connectivity index (χ3v) is 5.69. The first-order valence-corrected chi connectivity index (χ1v) is 9.50. The fourth-order valence-corrected chi connectivity index (χ4v) is 3.94. The second-order valence-corrected chi connectivity index (χ2v) is 7.96. The molecular formula is C22H28O5. The zero-order chi connectivity index (χ0) is 19.8. The van der Waals surface area contributed by atoms with Crippen LogP contribution in [0.3, 0.4) is 0 Å². The topological polar surface area (TPSA) is 61.8 Å². The third kappa shape index (κ3) is 4.02. The molecule has 0 spiro atoms. The van der Waals surface area contributed by atoms with Crippen LogP contribution in [0.15, 0.2) is 47.3 Å². The Morgan fingerprint density at radius 1 is 1.33 bits per heavy atom. The van der Waals surface area contributed by atoms with Gasteiger partial charge in [-0.3, -0.25) is 4.79 Å². The minimum absolute atomic E-state index is 0.0687. The van der Waals surface area contributed by atoms with Crippen LogP contribution in [0.2, 0.25) is 0 Å². The minimum atomic E-state index is -0.573. The summed E-state index contributed by atoms with van der Waals surface area (Å²) in [6, 6.07) is 0. The van der Waals surface area contributed by atoms with Gasteiger partial charge >= 0.3 is 11.9 Å². The van der Waals surface area contributed by atoms with E-state index in [2.05, 4.69) is 18.7 Å². The molecule has 0 aromatic carbocycles. The molecule has 5 heteroatoms. The standard InChI is InChI=1S/C22H28O5/c1-13-6-9-20(25-16(4)23)22(5)11-10-18(27-22)14(2)7-8-17-15(3)21(24)26-19(17)12-13/h7,10,12,17,19-20H,3,6,8-9,11H2,1-2,4-5H3/b13-12+,14-7-/t17-,19-,20-,22+/m0/s1. The molecule has 4 atom stereocenters. The summed E-state index contributed by atoms with van der Waals surface area (Å²) in [5, 5.41) is 0. The van der Waals surface area contributed by atoms with Crippen molar-refractivity contribution < 1.29 is 23.8 Å². The lowest BCUT2D eigenvalue weighted by Crippen LogP contribution is -2.42. The van der Waals surface area contributed by atoms with E-state index in [-0.39, 0.29) is 30.1 Å². The van der Waals surface area contributed by atoms with Gasteiger partial charge < -0.3 is 14.2 Å². The normalized spacial score (nSPS) is 37.8. The number of carbonyl (C=O) groups is 2. The summed E-state index contributed by atoms with van der Waals surface area (Å²) < 4.78 is 17.4. The lowest BCUT2D eigenvalue weighted by atomic mass is 9.89. The summed E-state index contributed by atoms with van der Waals surface area (Å²) in [5.74, 6) is 0.109. The van der Waals surface area contributed by atoms with E-state index in [9.17, 15) is 9.59 Å². The van der Waals surface area contributed by atoms with Crippen molar-refractivity contribution in [1.29, 1.82) is 0 Å². The Kier molecular flexibility index (Phi) is 5.31. The van der Waals surface area contributed by atoms with E-state index >= 15 is 0 Å². The van der Waals surface area contributed by atoms with Crippen molar-refractivity contribution in [3.63, 3.8) is 0 Å². The van der Waals surface area contributed by atoms with Crippen LogP contribution in [0.1, 0.15) is 53.4 Å². The van der Waals surface area contributed by atoms with E-state index in [1.807, 2.05) is 26.8 Å². The van der Waals surface area contributed by atoms with Crippen LogP contribution in [0, 0.1) is 5.92 Å². The van der Waals surface area contributed by atoms with Crippen molar-refractivity contribution in [2.45, 2.75) is 71.2 Å². The van der Waals surface area contributed by atoms with Crippen molar-refractivity contribution in [1.82, 2.24) is 0 Å². The highest BCUT2D eigenvalue weighted by atomic mass is 16.6. The summed E-state index contributed by atoms with van der Waals surface area (Å²) in [7, 11) is 0. The maximum absolute atomic E-state index is 12.0. The summed E-state index contributed by atoms with van der Waals surface area (Å²) in [6.45, 7) is 11.4. The molecule has 0 radical (unpaired) electrons. The lowest BCUT2D eigenvalue weighted by Gasteiger charge is -2.34. The van der Waals surface area contributed by atoms with E-state index in [1.165, 1.54) is 6.92 Å². The quantitative estimate of drug-likeness (QED) is 0.393. The van der Waals surface area contributed by atoms with Gasteiger partial charge in [-0.25, -0.2) is 4.79 Å². The molecule has 0 aromatic heterocycles. The van der Waals surface area contributed by atoms with Crippen LogP contribution >= 0.6 is 0 Å². The Morgan fingerprint density at radius 2 is 2.07 bits per heavy atom. The second kappa shape index (κ2) is 7.37. The fourth-order valence-electron chi connectivity index (χ4n) is 3.94. The monoisotopic (exact) mass is 372 g/mol. The third-order valence-electron chi connectivity index (χ3n) is 5.69. The first kappa shape index (κ1) is 19.5. The molecule has 0 saturated carbocycles. The first-order chi connectivity index (χ1) is 12.7. The van der Waals surface area contributed by atoms with Crippen LogP contribution in [0.5, 0.6) is 0 Å². The number of carbonyl (C=O) groups excluding carboxylic acids is 2. The Morgan fingerprint density at radius 3 is 2.78 bits per heavy atom. The molecule has 0 aromatic rings. The molecular weight excluding hydrogens is 344 g/mol. The van der Waals surface area contributed by atoms with Gasteiger partial charge in [0.1, 0.15) is 23.6 Å². The average molecular weight is 372 g/mol. The number of ether oxygens (including phenoxy) is 3. The number of allylic oxidation sites excluding steroid dienone is 3. The molecule has 3 aliphatic rings. The van der Waals surface area contributed by atoms with E-state index in [4.69, 9.17) is 14.2 Å². The molecule has 0 N–H and O–H groups in total. The fraction of sp³-hybridized carbons (Fsp3) is 0.545. The molecule has 1 saturated heterocycles. The van der Waals surface area contributed by atoms with Crippen LogP contribution < -0.4 is 0 Å². The number of rotatable bonds is 1. The zero-order valence-corrected chi connectivity index (χ0v) is 16.5. The van der Waals surface area contributed by atoms with Crippen molar-refractivity contribution in [3.05, 3.63) is 47.3 Å². The highest BCUT2D eigenvalue weighted by molar-refractivity contribution is 5.91. The molecule has 3 rings (SSSR count). The van der Waals surface area contributed by atoms with Crippen LogP contribution in [0.4, 0.5) is 0 Å². The van der Waals surface area contributed by atoms with Gasteiger partial charge in [-0.05, 0) is 57.8 Å². The van der Waals surface area contributed by atoms with Gasteiger partial charge in [0.2, 0.25) is 0 Å². The molecule has 3 heterocycles. The maximum atomic E-state index is 12.0. The maximum Gasteiger partial charge on any atom is 0.334 e. The first-order valence-electron chi connectivity index (χ1n) is 9.50. The number of esters is 2. The van der Waals surface area contributed by atoms with Gasteiger partial charge in [0, 0.05) is 24.8 Å². The predicted octanol–water partition coefficient (Wildman–Crippen LogP) is 4.16. The molecule has 0 aliphatic carbocycles.